The van der Waals surface area contributed by atoms with E-state index < -0.39 is 0 Å². The Bertz CT molecular complexity index is 870. The van der Waals surface area contributed by atoms with Crippen LogP contribution < -0.4 is 10.6 Å². The third-order valence-electron chi connectivity index (χ3n) is 3.71. The van der Waals surface area contributed by atoms with Crippen molar-refractivity contribution in [1.29, 1.82) is 0 Å². The first-order valence-electron chi connectivity index (χ1n) is 7.76. The number of benzene rings is 1. The summed E-state index contributed by atoms with van der Waals surface area (Å²) in [5.74, 6) is 0.196. The van der Waals surface area contributed by atoms with Gasteiger partial charge < -0.3 is 15.1 Å². The number of rotatable bonds is 5. The Morgan fingerprint density at radius 3 is 2.36 bits per heavy atom. The molecular weight excluding hydrogens is 318 g/mol. The van der Waals surface area contributed by atoms with Crippen LogP contribution in [-0.4, -0.2) is 16.8 Å². The van der Waals surface area contributed by atoms with Gasteiger partial charge in [0.25, 0.3) is 11.8 Å². The van der Waals surface area contributed by atoms with Gasteiger partial charge in [0, 0.05) is 30.2 Å². The number of nitrogens with one attached hydrogen (secondary N) is 2. The van der Waals surface area contributed by atoms with Crippen molar-refractivity contribution in [2.75, 3.05) is 5.32 Å². The lowest BCUT2D eigenvalue weighted by atomic mass is 10.1. The lowest BCUT2D eigenvalue weighted by Crippen LogP contribution is -2.23. The normalized spacial score (nSPS) is 10.3. The Balaban J connectivity index is 1.58. The molecule has 0 radical (unpaired) electrons. The number of hydrogen-bond acceptors (Lipinski definition) is 4. The first kappa shape index (κ1) is 16.4. The molecule has 0 aliphatic carbocycles. The van der Waals surface area contributed by atoms with Crippen molar-refractivity contribution in [3.05, 3.63) is 83.6 Å². The zero-order valence-electron chi connectivity index (χ0n) is 13.7. The Morgan fingerprint density at radius 1 is 1.00 bits per heavy atom. The number of furan rings is 1. The van der Waals surface area contributed by atoms with Crippen LogP contribution in [0.1, 0.15) is 32.0 Å². The molecule has 126 valence electrons. The molecule has 3 aromatic rings. The minimum Gasteiger partial charge on any atom is -0.469 e. The van der Waals surface area contributed by atoms with Crippen LogP contribution >= 0.6 is 0 Å². The molecule has 2 N–H and O–H groups in total. The Labute approximate surface area is 144 Å². The lowest BCUT2D eigenvalue weighted by molar-refractivity contribution is 0.0948. The summed E-state index contributed by atoms with van der Waals surface area (Å²) >= 11 is 0. The highest BCUT2D eigenvalue weighted by Crippen LogP contribution is 2.11. The molecule has 0 aliphatic rings. The molecule has 0 spiro atoms. The van der Waals surface area contributed by atoms with Gasteiger partial charge in [-0.05, 0) is 42.8 Å². The van der Waals surface area contributed by atoms with Gasteiger partial charge in [-0.1, -0.05) is 12.1 Å². The van der Waals surface area contributed by atoms with Crippen LogP contribution in [0.15, 0.2) is 65.5 Å². The van der Waals surface area contributed by atoms with Crippen molar-refractivity contribution >= 4 is 17.5 Å². The molecule has 3 rings (SSSR count). The summed E-state index contributed by atoms with van der Waals surface area (Å²) < 4.78 is 5.12. The van der Waals surface area contributed by atoms with Gasteiger partial charge in [0.15, 0.2) is 0 Å². The predicted molar refractivity (Wildman–Crippen MR) is 93.2 cm³/mol. The van der Waals surface area contributed by atoms with E-state index in [0.29, 0.717) is 29.1 Å². The van der Waals surface area contributed by atoms with Crippen LogP contribution in [0.2, 0.25) is 0 Å². The largest absolute Gasteiger partial charge is 0.469 e. The number of aryl methyl sites for hydroxylation is 1. The van der Waals surface area contributed by atoms with E-state index in [1.54, 1.807) is 49.6 Å². The standard InChI is InChI=1S/C19H17N3O3/c1-13-17(8-11-25-13)19(24)21-12-14-2-4-15(5-3-14)18(23)22-16-6-9-20-10-7-16/h2-11H,12H2,1H3,(H,21,24)(H,20,22,23). The summed E-state index contributed by atoms with van der Waals surface area (Å²) in [6.45, 7) is 2.11. The number of nitrogens with zero attached hydrogens (tertiary/aromatic N) is 1. The molecule has 0 saturated heterocycles. The third-order valence-corrected chi connectivity index (χ3v) is 3.71. The minimum absolute atomic E-state index is 0.189. The van der Waals surface area contributed by atoms with E-state index in [-0.39, 0.29) is 11.8 Å². The van der Waals surface area contributed by atoms with E-state index in [0.717, 1.165) is 5.56 Å². The van der Waals surface area contributed by atoms with Crippen molar-refractivity contribution < 1.29 is 14.0 Å². The minimum atomic E-state index is -0.198. The molecule has 6 heteroatoms. The maximum absolute atomic E-state index is 12.2. The maximum Gasteiger partial charge on any atom is 0.255 e. The quantitative estimate of drug-likeness (QED) is 0.750. The molecule has 0 fully saturated rings. The molecule has 0 unspecified atom stereocenters. The van der Waals surface area contributed by atoms with Crippen molar-refractivity contribution in [2.45, 2.75) is 13.5 Å². The van der Waals surface area contributed by atoms with E-state index in [9.17, 15) is 9.59 Å². The number of carbonyl (C=O) groups excluding carboxylic acids is 2. The van der Waals surface area contributed by atoms with Gasteiger partial charge >= 0.3 is 0 Å². The van der Waals surface area contributed by atoms with Crippen LogP contribution in [0.5, 0.6) is 0 Å². The topological polar surface area (TPSA) is 84.2 Å². The molecule has 0 atom stereocenters. The van der Waals surface area contributed by atoms with Crippen molar-refractivity contribution in [3.63, 3.8) is 0 Å². The second kappa shape index (κ2) is 7.44. The van der Waals surface area contributed by atoms with Crippen LogP contribution in [-0.2, 0) is 6.54 Å². The van der Waals surface area contributed by atoms with Crippen molar-refractivity contribution in [2.24, 2.45) is 0 Å². The van der Waals surface area contributed by atoms with Gasteiger partial charge in [0.2, 0.25) is 0 Å². The average Bonchev–Trinajstić information content (AvgIpc) is 3.07. The molecule has 0 saturated carbocycles. The predicted octanol–water partition coefficient (Wildman–Crippen LogP) is 3.17. The van der Waals surface area contributed by atoms with Gasteiger partial charge in [-0.15, -0.1) is 0 Å². The average molecular weight is 335 g/mol. The highest BCUT2D eigenvalue weighted by molar-refractivity contribution is 6.04. The molecule has 2 amide bonds. The van der Waals surface area contributed by atoms with Gasteiger partial charge in [-0.3, -0.25) is 14.6 Å². The number of hydrogen-bond donors (Lipinski definition) is 2. The molecule has 0 bridgehead atoms. The molecule has 2 aromatic heterocycles. The summed E-state index contributed by atoms with van der Waals surface area (Å²) in [7, 11) is 0. The summed E-state index contributed by atoms with van der Waals surface area (Å²) in [6, 6.07) is 12.1. The number of anilines is 1. The van der Waals surface area contributed by atoms with E-state index in [2.05, 4.69) is 15.6 Å². The van der Waals surface area contributed by atoms with Crippen LogP contribution in [0.3, 0.4) is 0 Å². The smallest absolute Gasteiger partial charge is 0.255 e. The summed E-state index contributed by atoms with van der Waals surface area (Å²) in [5, 5.41) is 5.62. The fraction of sp³-hybridized carbons (Fsp3) is 0.105. The zero-order valence-corrected chi connectivity index (χ0v) is 13.7. The Kier molecular flexibility index (Phi) is 4.89. The van der Waals surface area contributed by atoms with E-state index >= 15 is 0 Å². The summed E-state index contributed by atoms with van der Waals surface area (Å²) in [4.78, 5) is 28.1. The monoisotopic (exact) mass is 335 g/mol. The first-order chi connectivity index (χ1) is 12.1. The maximum atomic E-state index is 12.2. The number of aromatic nitrogens is 1. The number of amides is 2. The number of pyridine rings is 1. The Hall–Kier alpha value is -3.41. The van der Waals surface area contributed by atoms with Crippen LogP contribution in [0, 0.1) is 6.92 Å². The highest BCUT2D eigenvalue weighted by Gasteiger charge is 2.11. The Morgan fingerprint density at radius 2 is 1.72 bits per heavy atom. The van der Waals surface area contributed by atoms with Gasteiger partial charge in [-0.2, -0.15) is 0 Å². The van der Waals surface area contributed by atoms with Crippen molar-refractivity contribution in [3.8, 4) is 0 Å². The molecule has 2 heterocycles. The third kappa shape index (κ3) is 4.11. The van der Waals surface area contributed by atoms with Crippen LogP contribution in [0.25, 0.3) is 0 Å². The molecule has 6 nitrogen and oxygen atoms in total. The first-order valence-corrected chi connectivity index (χ1v) is 7.76. The zero-order chi connectivity index (χ0) is 17.6. The summed E-state index contributed by atoms with van der Waals surface area (Å²) in [6.07, 6.45) is 4.71. The second-order valence-corrected chi connectivity index (χ2v) is 5.46. The van der Waals surface area contributed by atoms with E-state index in [1.807, 2.05) is 12.1 Å². The molecule has 1 aromatic carbocycles. The fourth-order valence-electron chi connectivity index (χ4n) is 2.31. The SMILES string of the molecule is Cc1occc1C(=O)NCc1ccc(C(=O)Nc2ccncc2)cc1. The highest BCUT2D eigenvalue weighted by atomic mass is 16.3. The van der Waals surface area contributed by atoms with Gasteiger partial charge in [0.05, 0.1) is 11.8 Å². The summed E-state index contributed by atoms with van der Waals surface area (Å²) in [5.41, 5.74) is 2.65. The molecular formula is C19H17N3O3. The second-order valence-electron chi connectivity index (χ2n) is 5.46. The van der Waals surface area contributed by atoms with E-state index in [4.69, 9.17) is 4.42 Å². The fourth-order valence-corrected chi connectivity index (χ4v) is 2.31. The van der Waals surface area contributed by atoms with Gasteiger partial charge in [0.1, 0.15) is 5.76 Å². The van der Waals surface area contributed by atoms with Crippen molar-refractivity contribution in [1.82, 2.24) is 10.3 Å². The van der Waals surface area contributed by atoms with E-state index in [1.165, 1.54) is 6.26 Å². The number of carbonyl (C=O) groups is 2. The molecule has 25 heavy (non-hydrogen) atoms. The van der Waals surface area contributed by atoms with Gasteiger partial charge in [-0.25, -0.2) is 0 Å². The lowest BCUT2D eigenvalue weighted by Gasteiger charge is -2.07. The molecule has 0 aliphatic heterocycles. The van der Waals surface area contributed by atoms with Crippen LogP contribution in [0.4, 0.5) is 5.69 Å².